The Morgan fingerprint density at radius 1 is 1.06 bits per heavy atom. The number of hydrogen-bond acceptors (Lipinski definition) is 6. The molecule has 34 heavy (non-hydrogen) atoms. The lowest BCUT2D eigenvalue weighted by Crippen LogP contribution is -2.31. The van der Waals surface area contributed by atoms with Crippen molar-refractivity contribution in [2.75, 3.05) is 11.9 Å². The minimum atomic E-state index is -0.0773. The standard InChI is InChI=1S/C27H26N6O/c1-19-6-2-7-20(14-19)15-23-17-28-18-24(31-23)25-10-4-13-33(25)26(34)21-8-3-9-22(16-21)32-27-29-11-5-12-30-27/h2-3,5-9,11-12,14,16-18,25H,4,10,13,15H2,1H3,(H,29,30,32). The van der Waals surface area contributed by atoms with Gasteiger partial charge in [-0.3, -0.25) is 14.8 Å². The first kappa shape index (κ1) is 21.7. The monoisotopic (exact) mass is 450 g/mol. The molecule has 0 bridgehead atoms. The van der Waals surface area contributed by atoms with Crippen LogP contribution in [0.2, 0.25) is 0 Å². The third-order valence-electron chi connectivity index (χ3n) is 5.96. The van der Waals surface area contributed by atoms with Crippen molar-refractivity contribution in [1.82, 2.24) is 24.8 Å². The lowest BCUT2D eigenvalue weighted by Gasteiger charge is -2.24. The van der Waals surface area contributed by atoms with Crippen LogP contribution in [0.3, 0.4) is 0 Å². The molecule has 0 saturated carbocycles. The van der Waals surface area contributed by atoms with Crippen molar-refractivity contribution < 1.29 is 4.79 Å². The number of benzene rings is 2. The molecule has 4 aromatic rings. The minimum absolute atomic E-state index is 0.00832. The molecule has 1 saturated heterocycles. The maximum Gasteiger partial charge on any atom is 0.254 e. The first-order valence-electron chi connectivity index (χ1n) is 11.5. The second kappa shape index (κ2) is 9.79. The number of carbonyl (C=O) groups is 1. The van der Waals surface area contributed by atoms with Gasteiger partial charge in [-0.25, -0.2) is 9.97 Å². The predicted octanol–water partition coefficient (Wildman–Crippen LogP) is 4.89. The molecular formula is C27H26N6O. The zero-order valence-electron chi connectivity index (χ0n) is 19.1. The molecule has 1 fully saturated rings. The van der Waals surface area contributed by atoms with Crippen molar-refractivity contribution in [1.29, 1.82) is 0 Å². The third kappa shape index (κ3) is 4.93. The molecule has 5 rings (SSSR count). The molecule has 1 N–H and O–H groups in total. The number of anilines is 2. The van der Waals surface area contributed by atoms with Gasteiger partial charge in [-0.15, -0.1) is 0 Å². The van der Waals surface area contributed by atoms with E-state index in [1.165, 1.54) is 11.1 Å². The van der Waals surface area contributed by atoms with Crippen LogP contribution in [0.5, 0.6) is 0 Å². The summed E-state index contributed by atoms with van der Waals surface area (Å²) in [6.07, 6.45) is 9.49. The normalized spacial score (nSPS) is 15.3. The summed E-state index contributed by atoms with van der Waals surface area (Å²) < 4.78 is 0. The fraction of sp³-hybridized carbons (Fsp3) is 0.222. The Hall–Kier alpha value is -4.13. The van der Waals surface area contributed by atoms with Crippen LogP contribution in [-0.2, 0) is 6.42 Å². The second-order valence-electron chi connectivity index (χ2n) is 8.54. The molecule has 1 aliphatic heterocycles. The number of likely N-dealkylation sites (tertiary alicyclic amines) is 1. The lowest BCUT2D eigenvalue weighted by molar-refractivity contribution is 0.0732. The van der Waals surface area contributed by atoms with Crippen LogP contribution in [0.1, 0.15) is 51.8 Å². The highest BCUT2D eigenvalue weighted by atomic mass is 16.2. The second-order valence-corrected chi connectivity index (χ2v) is 8.54. The van der Waals surface area contributed by atoms with Crippen molar-refractivity contribution in [3.05, 3.63) is 107 Å². The molecular weight excluding hydrogens is 424 g/mol. The highest BCUT2D eigenvalue weighted by Gasteiger charge is 2.32. The zero-order chi connectivity index (χ0) is 23.3. The fourth-order valence-electron chi connectivity index (χ4n) is 4.41. The quantitative estimate of drug-likeness (QED) is 0.450. The van der Waals surface area contributed by atoms with Crippen molar-refractivity contribution >= 4 is 17.5 Å². The van der Waals surface area contributed by atoms with Crippen LogP contribution < -0.4 is 5.32 Å². The number of nitrogens with zero attached hydrogens (tertiary/aromatic N) is 5. The van der Waals surface area contributed by atoms with Crippen LogP contribution in [-0.4, -0.2) is 37.3 Å². The van der Waals surface area contributed by atoms with E-state index in [0.717, 1.165) is 36.3 Å². The van der Waals surface area contributed by atoms with Gasteiger partial charge in [0.05, 0.1) is 23.6 Å². The van der Waals surface area contributed by atoms with Crippen LogP contribution in [0, 0.1) is 6.92 Å². The number of amides is 1. The fourth-order valence-corrected chi connectivity index (χ4v) is 4.41. The van der Waals surface area contributed by atoms with Crippen molar-refractivity contribution in [2.45, 2.75) is 32.2 Å². The number of aryl methyl sites for hydroxylation is 1. The van der Waals surface area contributed by atoms with Gasteiger partial charge in [0, 0.05) is 42.8 Å². The van der Waals surface area contributed by atoms with Crippen molar-refractivity contribution in [2.24, 2.45) is 0 Å². The van der Waals surface area contributed by atoms with Crippen LogP contribution in [0.25, 0.3) is 0 Å². The van der Waals surface area contributed by atoms with Gasteiger partial charge < -0.3 is 10.2 Å². The van der Waals surface area contributed by atoms with Crippen LogP contribution >= 0.6 is 0 Å². The summed E-state index contributed by atoms with van der Waals surface area (Å²) in [4.78, 5) is 33.1. The van der Waals surface area contributed by atoms with Crippen LogP contribution in [0.4, 0.5) is 11.6 Å². The molecule has 2 aromatic heterocycles. The van der Waals surface area contributed by atoms with Crippen molar-refractivity contribution in [3.63, 3.8) is 0 Å². The molecule has 0 spiro atoms. The molecule has 0 aliphatic carbocycles. The summed E-state index contributed by atoms with van der Waals surface area (Å²) in [5.74, 6) is 0.484. The number of aromatic nitrogens is 4. The first-order chi connectivity index (χ1) is 16.7. The van der Waals surface area contributed by atoms with Gasteiger partial charge in [0.25, 0.3) is 5.91 Å². The third-order valence-corrected chi connectivity index (χ3v) is 5.96. The summed E-state index contributed by atoms with van der Waals surface area (Å²) >= 11 is 0. The van der Waals surface area contributed by atoms with E-state index in [9.17, 15) is 4.79 Å². The molecule has 3 heterocycles. The number of carbonyl (C=O) groups excluding carboxylic acids is 1. The van der Waals surface area contributed by atoms with E-state index in [0.29, 0.717) is 18.1 Å². The summed E-state index contributed by atoms with van der Waals surface area (Å²) in [5.41, 5.74) is 5.59. The van der Waals surface area contributed by atoms with Gasteiger partial charge in [0.2, 0.25) is 5.95 Å². The Morgan fingerprint density at radius 2 is 1.91 bits per heavy atom. The highest BCUT2D eigenvalue weighted by molar-refractivity contribution is 5.95. The maximum atomic E-state index is 13.5. The molecule has 7 nitrogen and oxygen atoms in total. The summed E-state index contributed by atoms with van der Waals surface area (Å²) in [7, 11) is 0. The van der Waals surface area contributed by atoms with E-state index < -0.39 is 0 Å². The van der Waals surface area contributed by atoms with Gasteiger partial charge >= 0.3 is 0 Å². The lowest BCUT2D eigenvalue weighted by atomic mass is 10.1. The van der Waals surface area contributed by atoms with Gasteiger partial charge in [0.1, 0.15) is 0 Å². The molecule has 1 aliphatic rings. The molecule has 2 aromatic carbocycles. The molecule has 170 valence electrons. The Balaban J connectivity index is 1.34. The van der Waals surface area contributed by atoms with E-state index in [-0.39, 0.29) is 11.9 Å². The Bertz CT molecular complexity index is 1290. The van der Waals surface area contributed by atoms with E-state index in [1.807, 2.05) is 35.4 Å². The molecule has 1 atom stereocenters. The summed E-state index contributed by atoms with van der Waals surface area (Å²) in [5, 5.41) is 3.15. The molecule has 1 amide bonds. The number of hydrogen-bond donors (Lipinski definition) is 1. The predicted molar refractivity (Wildman–Crippen MR) is 131 cm³/mol. The van der Waals surface area contributed by atoms with Gasteiger partial charge in [-0.1, -0.05) is 35.9 Å². The Morgan fingerprint density at radius 3 is 2.76 bits per heavy atom. The number of nitrogens with one attached hydrogen (secondary N) is 1. The van der Waals surface area contributed by atoms with Gasteiger partial charge in [-0.05, 0) is 49.6 Å². The zero-order valence-corrected chi connectivity index (χ0v) is 19.1. The summed E-state index contributed by atoms with van der Waals surface area (Å²) in [6.45, 7) is 2.79. The highest BCUT2D eigenvalue weighted by Crippen LogP contribution is 2.32. The Labute approximate surface area is 199 Å². The number of rotatable bonds is 6. The summed E-state index contributed by atoms with van der Waals surface area (Å²) in [6, 6.07) is 17.6. The molecule has 7 heteroatoms. The molecule has 1 unspecified atom stereocenters. The maximum absolute atomic E-state index is 13.5. The topological polar surface area (TPSA) is 83.9 Å². The largest absolute Gasteiger partial charge is 0.330 e. The van der Waals surface area contributed by atoms with E-state index in [1.54, 1.807) is 24.7 Å². The van der Waals surface area contributed by atoms with Gasteiger partial charge in [-0.2, -0.15) is 0 Å². The van der Waals surface area contributed by atoms with Crippen LogP contribution in [0.15, 0.2) is 79.4 Å². The van der Waals surface area contributed by atoms with Crippen molar-refractivity contribution in [3.8, 4) is 0 Å². The average molecular weight is 451 g/mol. The van der Waals surface area contributed by atoms with Gasteiger partial charge in [0.15, 0.2) is 0 Å². The van der Waals surface area contributed by atoms with E-state index in [4.69, 9.17) is 4.98 Å². The average Bonchev–Trinajstić information content (AvgIpc) is 3.35. The van der Waals surface area contributed by atoms with E-state index >= 15 is 0 Å². The minimum Gasteiger partial charge on any atom is -0.330 e. The Kier molecular flexibility index (Phi) is 6.25. The van der Waals surface area contributed by atoms with E-state index in [2.05, 4.69) is 51.5 Å². The SMILES string of the molecule is Cc1cccc(Cc2cncc(C3CCCN3C(=O)c3cccc(Nc4ncccn4)c3)n2)c1. The first-order valence-corrected chi connectivity index (χ1v) is 11.5. The molecule has 0 radical (unpaired) electrons. The smallest absolute Gasteiger partial charge is 0.254 e.